The van der Waals surface area contributed by atoms with Gasteiger partial charge in [0, 0.05) is 16.8 Å². The van der Waals surface area contributed by atoms with Crippen LogP contribution in [0.5, 0.6) is 0 Å². The van der Waals surface area contributed by atoms with E-state index in [0.717, 1.165) is 42.5 Å². The van der Waals surface area contributed by atoms with Crippen molar-refractivity contribution in [3.63, 3.8) is 0 Å². The van der Waals surface area contributed by atoms with Gasteiger partial charge in [-0.3, -0.25) is 4.18 Å². The fourth-order valence-electron chi connectivity index (χ4n) is 4.38. The molecule has 4 aromatic carbocycles. The van der Waals surface area contributed by atoms with Gasteiger partial charge < -0.3 is 30.0 Å². The van der Waals surface area contributed by atoms with Gasteiger partial charge in [0.25, 0.3) is 0 Å². The van der Waals surface area contributed by atoms with Gasteiger partial charge >= 0.3 is 94.8 Å². The number of nitrogens with two attached hydrogens (primary N) is 1. The zero-order valence-electron chi connectivity index (χ0n) is 28.6. The second-order valence-corrected chi connectivity index (χ2v) is 16.1. The van der Waals surface area contributed by atoms with E-state index in [1.807, 2.05) is 0 Å². The van der Waals surface area contributed by atoms with E-state index in [1.54, 1.807) is 0 Å². The van der Waals surface area contributed by atoms with Crippen molar-refractivity contribution in [3.05, 3.63) is 78.9 Å². The SMILES string of the molecule is Nc1ccc2ccc(S(=O)(=O)[O-])cc2c1N=Nc1cc(Nc2nc(F)nc(Nc3ccc(S(=O)(=O)CCOS(=O)(=O)[O-])cc3)n2)ccc1S(=O)(=O)[O-].[Na+].[Na+].[Na+]. The Hall–Kier alpha value is -2.28. The van der Waals surface area contributed by atoms with Crippen LogP contribution in [0.1, 0.15) is 0 Å². The summed E-state index contributed by atoms with van der Waals surface area (Å²) in [6.07, 6.45) is -1.29. The number of hydrogen-bond acceptors (Lipinski definition) is 20. The molecule has 0 aliphatic carbocycles. The van der Waals surface area contributed by atoms with E-state index in [2.05, 4.69) is 40.0 Å². The second-order valence-electron chi connectivity index (χ2n) is 10.3. The summed E-state index contributed by atoms with van der Waals surface area (Å²) in [5.74, 6) is -1.63. The van der Waals surface area contributed by atoms with Gasteiger partial charge in [-0.25, -0.2) is 33.7 Å². The molecule has 55 heavy (non-hydrogen) atoms. The maximum atomic E-state index is 14.4. The molecule has 0 aliphatic rings. The standard InChI is InChI=1S/C27H23FN8O12S4.3Na/c28-25-32-26(30-16-3-7-18(8-4-16)49(37,38)12-11-48-52(45,46)47)34-27(33-25)31-17-5-10-23(51(42,43)44)22(13-17)35-36-24-20-14-19(50(39,40)41)6-1-15(20)2-9-21(24)29;;;/h1-10,13-14H,11-12,29H2,(H,39,40,41)(H,42,43,44)(H,45,46,47)(H2,30,31,32,33,34);;;/q;3*+1/p-3. The summed E-state index contributed by atoms with van der Waals surface area (Å²) < 4.78 is 146. The van der Waals surface area contributed by atoms with Gasteiger partial charge in [-0.1, -0.05) is 12.1 Å². The van der Waals surface area contributed by atoms with Crippen LogP contribution in [0.4, 0.5) is 44.7 Å². The smallest absolute Gasteiger partial charge is 0.744 e. The van der Waals surface area contributed by atoms with E-state index < -0.39 is 80.3 Å². The molecule has 1 heterocycles. The molecule has 28 heteroatoms. The summed E-state index contributed by atoms with van der Waals surface area (Å²) in [5.41, 5.74) is 5.40. The Labute approximate surface area is 379 Å². The van der Waals surface area contributed by atoms with Gasteiger partial charge in [0.1, 0.15) is 31.6 Å². The number of halogens is 1. The number of sulfone groups is 1. The van der Waals surface area contributed by atoms with Gasteiger partial charge in [0.2, 0.25) is 22.3 Å². The molecular formula is C27H20FN8Na3O12S4. The number of nitrogens with one attached hydrogen (secondary N) is 2. The van der Waals surface area contributed by atoms with Crippen LogP contribution in [0.15, 0.2) is 97.7 Å². The van der Waals surface area contributed by atoms with E-state index >= 15 is 0 Å². The molecule has 0 radical (unpaired) electrons. The molecule has 274 valence electrons. The molecule has 5 aromatic rings. The third kappa shape index (κ3) is 13.4. The van der Waals surface area contributed by atoms with Crippen LogP contribution in [-0.4, -0.2) is 74.6 Å². The average Bonchev–Trinajstić information content (AvgIpc) is 3.02. The maximum absolute atomic E-state index is 14.4. The maximum Gasteiger partial charge on any atom is 1.00 e. The van der Waals surface area contributed by atoms with Gasteiger partial charge in [0.15, 0.2) is 9.84 Å². The number of rotatable bonds is 13. The molecule has 0 aliphatic heterocycles. The first-order valence-corrected chi connectivity index (χ1v) is 19.7. The molecule has 0 atom stereocenters. The van der Waals surface area contributed by atoms with Gasteiger partial charge in [-0.2, -0.15) is 19.3 Å². The van der Waals surface area contributed by atoms with Crippen LogP contribution in [0, 0.1) is 6.08 Å². The molecule has 0 fully saturated rings. The molecule has 1 aromatic heterocycles. The Morgan fingerprint density at radius 2 is 1.25 bits per heavy atom. The first-order valence-electron chi connectivity index (χ1n) is 13.9. The van der Waals surface area contributed by atoms with E-state index in [4.69, 9.17) is 5.73 Å². The molecule has 20 nitrogen and oxygen atoms in total. The van der Waals surface area contributed by atoms with Gasteiger partial charge in [0.05, 0.1) is 32.7 Å². The quantitative estimate of drug-likeness (QED) is 0.0326. The normalized spacial score (nSPS) is 12.0. The molecule has 0 spiro atoms. The van der Waals surface area contributed by atoms with Crippen LogP contribution >= 0.6 is 0 Å². The van der Waals surface area contributed by atoms with Crippen molar-refractivity contribution in [2.45, 2.75) is 14.7 Å². The molecule has 0 unspecified atom stereocenters. The summed E-state index contributed by atoms with van der Waals surface area (Å²) in [4.78, 5) is 9.32. The summed E-state index contributed by atoms with van der Waals surface area (Å²) in [5, 5.41) is 13.5. The summed E-state index contributed by atoms with van der Waals surface area (Å²) >= 11 is 0. The topological polar surface area (TPSA) is 328 Å². The van der Waals surface area contributed by atoms with Crippen molar-refractivity contribution in [2.75, 3.05) is 28.7 Å². The summed E-state index contributed by atoms with van der Waals surface area (Å²) in [7, 11) is -19.2. The Balaban J connectivity index is 0.00000348. The predicted molar refractivity (Wildman–Crippen MR) is 175 cm³/mol. The van der Waals surface area contributed by atoms with Crippen molar-refractivity contribution in [2.24, 2.45) is 10.2 Å². The number of fused-ring (bicyclic) bond motifs is 1. The Bertz CT molecular complexity index is 2700. The average molecular weight is 865 g/mol. The van der Waals surface area contributed by atoms with Gasteiger partial charge in [-0.15, -0.1) is 10.2 Å². The monoisotopic (exact) mass is 864 g/mol. The first-order chi connectivity index (χ1) is 24.2. The van der Waals surface area contributed by atoms with Crippen molar-refractivity contribution in [1.29, 1.82) is 0 Å². The predicted octanol–water partition coefficient (Wildman–Crippen LogP) is -6.28. The third-order valence-corrected chi connectivity index (χ3v) is 10.5. The van der Waals surface area contributed by atoms with E-state index in [9.17, 15) is 51.7 Å². The Morgan fingerprint density at radius 1 is 0.691 bits per heavy atom. The molecule has 4 N–H and O–H groups in total. The summed E-state index contributed by atoms with van der Waals surface area (Å²) in [6.45, 7) is -0.898. The number of benzene rings is 4. The van der Waals surface area contributed by atoms with E-state index in [-0.39, 0.29) is 128 Å². The molecule has 0 saturated carbocycles. The van der Waals surface area contributed by atoms with Gasteiger partial charge in [-0.05, 0) is 66.0 Å². The minimum Gasteiger partial charge on any atom is -0.744 e. The van der Waals surface area contributed by atoms with Crippen LogP contribution in [0.25, 0.3) is 10.8 Å². The Kier molecular flexibility index (Phi) is 17.3. The third-order valence-electron chi connectivity index (χ3n) is 6.68. The largest absolute Gasteiger partial charge is 1.00 e. The summed E-state index contributed by atoms with van der Waals surface area (Å²) in [6, 6.07) is 14.0. The number of anilines is 5. The molecular weight excluding hydrogens is 845 g/mol. The second kappa shape index (κ2) is 19.4. The number of nitrogens with zero attached hydrogens (tertiary/aromatic N) is 5. The van der Waals surface area contributed by atoms with Crippen molar-refractivity contribution in [3.8, 4) is 0 Å². The number of azo groups is 1. The first kappa shape index (κ1) is 48.9. The van der Waals surface area contributed by atoms with Crippen LogP contribution in [0.3, 0.4) is 0 Å². The van der Waals surface area contributed by atoms with Crippen molar-refractivity contribution in [1.82, 2.24) is 15.0 Å². The van der Waals surface area contributed by atoms with E-state index in [0.29, 0.717) is 5.39 Å². The van der Waals surface area contributed by atoms with Crippen molar-refractivity contribution < 1.29 is 145 Å². The number of hydrogen-bond donors (Lipinski definition) is 3. The van der Waals surface area contributed by atoms with Crippen molar-refractivity contribution >= 4 is 91.6 Å². The molecule has 0 amide bonds. The van der Waals surface area contributed by atoms with Crippen LogP contribution < -0.4 is 105 Å². The fourth-order valence-corrected chi connectivity index (χ4v) is 6.95. The van der Waals surface area contributed by atoms with Crippen LogP contribution in [-0.2, 0) is 44.7 Å². The van der Waals surface area contributed by atoms with E-state index in [1.165, 1.54) is 30.3 Å². The minimum atomic E-state index is -5.15. The zero-order chi connectivity index (χ0) is 38.1. The van der Waals surface area contributed by atoms with Crippen LogP contribution in [0.2, 0.25) is 0 Å². The molecule has 0 saturated heterocycles. The fraction of sp³-hybridized carbons (Fsp3) is 0.0741. The zero-order valence-corrected chi connectivity index (χ0v) is 37.8. The number of nitrogen functional groups attached to an aromatic ring is 1. The Morgan fingerprint density at radius 3 is 1.84 bits per heavy atom. The molecule has 5 rings (SSSR count). The number of aromatic nitrogens is 3. The molecule has 0 bridgehead atoms. The minimum absolute atomic E-state index is 0.